The van der Waals surface area contributed by atoms with Crippen LogP contribution < -0.4 is 5.32 Å². The second-order valence-corrected chi connectivity index (χ2v) is 6.06. The highest BCUT2D eigenvalue weighted by Crippen LogP contribution is 2.21. The lowest BCUT2D eigenvalue weighted by atomic mass is 10.3. The summed E-state index contributed by atoms with van der Waals surface area (Å²) in [6.45, 7) is 1.58. The van der Waals surface area contributed by atoms with E-state index in [2.05, 4.69) is 15.3 Å². The first-order valence-corrected chi connectivity index (χ1v) is 7.12. The number of nitro benzene ring substituents is 1. The van der Waals surface area contributed by atoms with Crippen molar-refractivity contribution in [2.75, 3.05) is 13.1 Å². The summed E-state index contributed by atoms with van der Waals surface area (Å²) in [6, 6.07) is 4.38. The van der Waals surface area contributed by atoms with Gasteiger partial charge in [0.25, 0.3) is 5.69 Å². The predicted octanol–water partition coefficient (Wildman–Crippen LogP) is 0.941. The van der Waals surface area contributed by atoms with E-state index in [1.807, 2.05) is 0 Å². The molecule has 0 bridgehead atoms. The molecule has 0 radical (unpaired) electrons. The van der Waals surface area contributed by atoms with E-state index >= 15 is 0 Å². The van der Waals surface area contributed by atoms with Crippen LogP contribution in [0.3, 0.4) is 0 Å². The standard InChI is InChI=1S/C11H12N4O3S/c16-15(17)7-1-2-9-10(5-7)14-11(13-9)19(18)8-3-4-12-6-8/h1-2,5,8,12H,3-4,6H2,(H,13,14)/t8-,19-/m0/s1. The van der Waals surface area contributed by atoms with Crippen molar-refractivity contribution in [2.24, 2.45) is 0 Å². The molecule has 2 N–H and O–H groups in total. The van der Waals surface area contributed by atoms with Gasteiger partial charge < -0.3 is 10.3 Å². The minimum absolute atomic E-state index is 0.00369. The number of fused-ring (bicyclic) bond motifs is 1. The van der Waals surface area contributed by atoms with Gasteiger partial charge in [-0.05, 0) is 19.0 Å². The highest BCUT2D eigenvalue weighted by atomic mass is 32.2. The Morgan fingerprint density at radius 2 is 2.32 bits per heavy atom. The van der Waals surface area contributed by atoms with Gasteiger partial charge in [0, 0.05) is 18.7 Å². The minimum Gasteiger partial charge on any atom is -0.331 e. The summed E-state index contributed by atoms with van der Waals surface area (Å²) < 4.78 is 12.3. The normalized spacial score (nSPS) is 20.7. The zero-order chi connectivity index (χ0) is 13.4. The van der Waals surface area contributed by atoms with Gasteiger partial charge in [0.15, 0.2) is 5.16 Å². The third-order valence-electron chi connectivity index (χ3n) is 3.16. The van der Waals surface area contributed by atoms with E-state index in [-0.39, 0.29) is 10.9 Å². The lowest BCUT2D eigenvalue weighted by Gasteiger charge is -2.04. The molecule has 2 aromatic rings. The number of hydrogen-bond donors (Lipinski definition) is 2. The topological polar surface area (TPSA) is 101 Å². The summed E-state index contributed by atoms with van der Waals surface area (Å²) in [4.78, 5) is 17.4. The third kappa shape index (κ3) is 2.24. The number of aromatic amines is 1. The third-order valence-corrected chi connectivity index (χ3v) is 4.75. The smallest absolute Gasteiger partial charge is 0.271 e. The van der Waals surface area contributed by atoms with Crippen LogP contribution in [0, 0.1) is 10.1 Å². The Labute approximate surface area is 111 Å². The largest absolute Gasteiger partial charge is 0.331 e. The van der Waals surface area contributed by atoms with Crippen LogP contribution in [0.2, 0.25) is 0 Å². The first-order chi connectivity index (χ1) is 9.15. The van der Waals surface area contributed by atoms with Crippen molar-refractivity contribution in [2.45, 2.75) is 16.8 Å². The molecule has 1 aliphatic rings. The number of benzene rings is 1. The Bertz CT molecular complexity index is 663. The monoisotopic (exact) mass is 280 g/mol. The highest BCUT2D eigenvalue weighted by Gasteiger charge is 2.24. The van der Waals surface area contributed by atoms with Crippen LogP contribution in [-0.4, -0.2) is 37.4 Å². The number of nitrogens with one attached hydrogen (secondary N) is 2. The van der Waals surface area contributed by atoms with Crippen LogP contribution in [-0.2, 0) is 10.8 Å². The Kier molecular flexibility index (Phi) is 3.03. The van der Waals surface area contributed by atoms with E-state index in [1.54, 1.807) is 6.07 Å². The molecule has 2 atom stereocenters. The summed E-state index contributed by atoms with van der Waals surface area (Å²) in [6.07, 6.45) is 0.851. The Morgan fingerprint density at radius 3 is 3.00 bits per heavy atom. The van der Waals surface area contributed by atoms with Crippen molar-refractivity contribution in [3.63, 3.8) is 0 Å². The molecule has 0 unspecified atom stereocenters. The molecule has 2 heterocycles. The fourth-order valence-corrected chi connectivity index (χ4v) is 3.47. The van der Waals surface area contributed by atoms with Crippen molar-refractivity contribution in [3.8, 4) is 0 Å². The molecule has 1 aromatic heterocycles. The lowest BCUT2D eigenvalue weighted by Crippen LogP contribution is -2.19. The fourth-order valence-electron chi connectivity index (χ4n) is 2.15. The molecule has 1 aromatic carbocycles. The minimum atomic E-state index is -1.21. The number of imidazole rings is 1. The van der Waals surface area contributed by atoms with Crippen LogP contribution in [0.1, 0.15) is 6.42 Å². The predicted molar refractivity (Wildman–Crippen MR) is 70.4 cm³/mol. The Morgan fingerprint density at radius 1 is 1.47 bits per heavy atom. The molecular weight excluding hydrogens is 268 g/mol. The van der Waals surface area contributed by atoms with Gasteiger partial charge in [-0.2, -0.15) is 0 Å². The maximum Gasteiger partial charge on any atom is 0.271 e. The second kappa shape index (κ2) is 4.71. The molecule has 0 aliphatic carbocycles. The van der Waals surface area contributed by atoms with E-state index in [9.17, 15) is 14.3 Å². The molecule has 100 valence electrons. The second-order valence-electron chi connectivity index (χ2n) is 4.41. The van der Waals surface area contributed by atoms with Gasteiger partial charge in [-0.1, -0.05) is 0 Å². The van der Waals surface area contributed by atoms with Crippen molar-refractivity contribution in [1.29, 1.82) is 0 Å². The first kappa shape index (κ1) is 12.2. The first-order valence-electron chi connectivity index (χ1n) is 5.90. The van der Waals surface area contributed by atoms with Gasteiger partial charge in [0.2, 0.25) is 0 Å². The van der Waals surface area contributed by atoms with Crippen molar-refractivity contribution in [1.82, 2.24) is 15.3 Å². The van der Waals surface area contributed by atoms with E-state index in [4.69, 9.17) is 0 Å². The summed E-state index contributed by atoms with van der Waals surface area (Å²) >= 11 is 0. The van der Waals surface area contributed by atoms with Gasteiger partial charge in [0.1, 0.15) is 0 Å². The molecule has 1 saturated heterocycles. The molecule has 0 amide bonds. The number of non-ortho nitro benzene ring substituents is 1. The average Bonchev–Trinajstić information content (AvgIpc) is 3.06. The van der Waals surface area contributed by atoms with Crippen LogP contribution in [0.5, 0.6) is 0 Å². The zero-order valence-electron chi connectivity index (χ0n) is 9.96. The quantitative estimate of drug-likeness (QED) is 0.643. The molecule has 0 spiro atoms. The van der Waals surface area contributed by atoms with Crippen LogP contribution in [0.25, 0.3) is 11.0 Å². The van der Waals surface area contributed by atoms with Crippen LogP contribution in [0.4, 0.5) is 5.69 Å². The van der Waals surface area contributed by atoms with E-state index in [0.29, 0.717) is 22.7 Å². The molecule has 1 aliphatic heterocycles. The number of H-pyrrole nitrogens is 1. The van der Waals surface area contributed by atoms with Gasteiger partial charge in [-0.25, -0.2) is 4.98 Å². The lowest BCUT2D eigenvalue weighted by molar-refractivity contribution is -0.384. The number of aromatic nitrogens is 2. The maximum absolute atomic E-state index is 12.3. The molecular formula is C11H12N4O3S. The fraction of sp³-hybridized carbons (Fsp3) is 0.364. The number of nitrogens with zero attached hydrogens (tertiary/aromatic N) is 2. The van der Waals surface area contributed by atoms with Crippen molar-refractivity contribution in [3.05, 3.63) is 28.3 Å². The van der Waals surface area contributed by atoms with E-state index in [0.717, 1.165) is 13.0 Å². The number of nitro groups is 1. The highest BCUT2D eigenvalue weighted by molar-refractivity contribution is 7.85. The Balaban J connectivity index is 1.96. The molecule has 1 fully saturated rings. The number of rotatable bonds is 3. The maximum atomic E-state index is 12.3. The molecule has 7 nitrogen and oxygen atoms in total. The van der Waals surface area contributed by atoms with Gasteiger partial charge in [-0.15, -0.1) is 0 Å². The molecule has 0 saturated carbocycles. The SMILES string of the molecule is O=[N+]([O-])c1ccc2nc([S@@](=O)[C@H]3CCNC3)[nH]c2c1. The van der Waals surface area contributed by atoms with Crippen LogP contribution in [0.15, 0.2) is 23.4 Å². The van der Waals surface area contributed by atoms with E-state index in [1.165, 1.54) is 12.1 Å². The zero-order valence-corrected chi connectivity index (χ0v) is 10.8. The number of hydrogen-bond acceptors (Lipinski definition) is 5. The van der Waals surface area contributed by atoms with Crippen LogP contribution >= 0.6 is 0 Å². The molecule has 3 rings (SSSR count). The van der Waals surface area contributed by atoms with Crippen molar-refractivity contribution >= 4 is 27.5 Å². The molecule has 19 heavy (non-hydrogen) atoms. The molecule has 8 heteroatoms. The summed E-state index contributed by atoms with van der Waals surface area (Å²) in [5, 5.41) is 14.3. The van der Waals surface area contributed by atoms with Crippen molar-refractivity contribution < 1.29 is 9.13 Å². The van der Waals surface area contributed by atoms with Gasteiger partial charge >= 0.3 is 0 Å². The average molecular weight is 280 g/mol. The van der Waals surface area contributed by atoms with E-state index < -0.39 is 15.7 Å². The Hall–Kier alpha value is -1.80. The summed E-state index contributed by atoms with van der Waals surface area (Å²) in [5.74, 6) is 0. The van der Waals surface area contributed by atoms with Gasteiger partial charge in [-0.3, -0.25) is 14.3 Å². The summed E-state index contributed by atoms with van der Waals surface area (Å²) in [5.41, 5.74) is 1.14. The van der Waals surface area contributed by atoms with Gasteiger partial charge in [0.05, 0.1) is 32.0 Å². The summed E-state index contributed by atoms with van der Waals surface area (Å²) in [7, 11) is -1.21.